The van der Waals surface area contributed by atoms with Gasteiger partial charge < -0.3 is 5.32 Å². The molecule has 4 rings (SSSR count). The first kappa shape index (κ1) is 17.9. The van der Waals surface area contributed by atoms with Crippen LogP contribution in [0.1, 0.15) is 0 Å². The lowest BCUT2D eigenvalue weighted by Gasteiger charge is -2.07. The van der Waals surface area contributed by atoms with Gasteiger partial charge in [-0.3, -0.25) is 14.2 Å². The average molecular weight is 398 g/mol. The highest BCUT2D eigenvalue weighted by Crippen LogP contribution is 2.27. The summed E-state index contributed by atoms with van der Waals surface area (Å²) in [4.78, 5) is 29.1. The molecule has 2 aromatic carbocycles. The number of fused-ring (bicyclic) bond motifs is 1. The fourth-order valence-corrected chi connectivity index (χ4v) is 3.49. The second-order valence-corrected chi connectivity index (χ2v) is 6.73. The summed E-state index contributed by atoms with van der Waals surface area (Å²) in [7, 11) is 0. The Kier molecular flexibility index (Phi) is 4.66. The summed E-state index contributed by atoms with van der Waals surface area (Å²) in [6, 6.07) is 11.2. The Bertz CT molecular complexity index is 1230. The maximum atomic E-state index is 13.2. The Morgan fingerprint density at radius 1 is 1.11 bits per heavy atom. The van der Waals surface area contributed by atoms with E-state index in [9.17, 15) is 18.4 Å². The van der Waals surface area contributed by atoms with Crippen molar-refractivity contribution < 1.29 is 13.6 Å². The van der Waals surface area contributed by atoms with Crippen molar-refractivity contribution in [1.29, 1.82) is 0 Å². The molecule has 6 nitrogen and oxygen atoms in total. The number of carbonyl (C=O) groups excluding carboxylic acids is 1. The molecule has 0 bridgehead atoms. The SMILES string of the molecule is O=C(Cn1cnc2c(-c3ccc(F)cc3)nsc2c1=O)Nc1cccc(F)c1. The second-order valence-electron chi connectivity index (χ2n) is 5.95. The minimum Gasteiger partial charge on any atom is -0.324 e. The van der Waals surface area contributed by atoms with Crippen LogP contribution in [0, 0.1) is 11.6 Å². The predicted octanol–water partition coefficient (Wildman–Crippen LogP) is 3.44. The van der Waals surface area contributed by atoms with Crippen LogP contribution >= 0.6 is 11.5 Å². The smallest absolute Gasteiger partial charge is 0.273 e. The van der Waals surface area contributed by atoms with E-state index in [1.807, 2.05) is 0 Å². The third kappa shape index (κ3) is 3.52. The van der Waals surface area contributed by atoms with E-state index in [2.05, 4.69) is 14.7 Å². The minimum absolute atomic E-state index is 0.276. The summed E-state index contributed by atoms with van der Waals surface area (Å²) in [5.74, 6) is -1.34. The molecular formula is C19H12F2N4O2S. The Morgan fingerprint density at radius 3 is 2.64 bits per heavy atom. The molecule has 0 radical (unpaired) electrons. The van der Waals surface area contributed by atoms with Gasteiger partial charge in [0.2, 0.25) is 5.91 Å². The van der Waals surface area contributed by atoms with Gasteiger partial charge in [0.05, 0.1) is 6.33 Å². The molecule has 0 saturated carbocycles. The van der Waals surface area contributed by atoms with Gasteiger partial charge in [-0.1, -0.05) is 6.07 Å². The predicted molar refractivity (Wildman–Crippen MR) is 102 cm³/mol. The van der Waals surface area contributed by atoms with E-state index in [1.165, 1.54) is 36.7 Å². The van der Waals surface area contributed by atoms with Crippen LogP contribution in [0.3, 0.4) is 0 Å². The zero-order valence-corrected chi connectivity index (χ0v) is 15.0. The lowest BCUT2D eigenvalue weighted by atomic mass is 10.1. The van der Waals surface area contributed by atoms with Gasteiger partial charge in [-0.25, -0.2) is 13.8 Å². The normalized spacial score (nSPS) is 10.9. The molecule has 2 aromatic heterocycles. The monoisotopic (exact) mass is 398 g/mol. The number of nitrogens with one attached hydrogen (secondary N) is 1. The van der Waals surface area contributed by atoms with Crippen LogP contribution < -0.4 is 10.9 Å². The molecule has 9 heteroatoms. The van der Waals surface area contributed by atoms with Crippen LogP contribution in [-0.2, 0) is 11.3 Å². The number of benzene rings is 2. The molecule has 0 fully saturated rings. The van der Waals surface area contributed by atoms with Gasteiger partial charge in [0, 0.05) is 11.3 Å². The minimum atomic E-state index is -0.489. The number of hydrogen-bond donors (Lipinski definition) is 1. The summed E-state index contributed by atoms with van der Waals surface area (Å²) in [5.41, 5.74) is 1.40. The van der Waals surface area contributed by atoms with Crippen LogP contribution in [0.15, 0.2) is 59.7 Å². The highest BCUT2D eigenvalue weighted by Gasteiger charge is 2.15. The van der Waals surface area contributed by atoms with Gasteiger partial charge in [0.1, 0.15) is 34.1 Å². The van der Waals surface area contributed by atoms with Crippen molar-refractivity contribution in [1.82, 2.24) is 13.9 Å². The third-order valence-electron chi connectivity index (χ3n) is 3.99. The van der Waals surface area contributed by atoms with E-state index in [0.29, 0.717) is 27.2 Å². The Labute approximate surface area is 161 Å². The Morgan fingerprint density at radius 2 is 1.89 bits per heavy atom. The zero-order chi connectivity index (χ0) is 19.7. The van der Waals surface area contributed by atoms with Crippen molar-refractivity contribution in [2.45, 2.75) is 6.54 Å². The standard InChI is InChI=1S/C19H12F2N4O2S/c20-12-6-4-11(5-7-12)16-17-18(28-24-16)19(27)25(10-22-17)9-15(26)23-14-3-1-2-13(21)8-14/h1-8,10H,9H2,(H,23,26). The summed E-state index contributed by atoms with van der Waals surface area (Å²) >= 11 is 0.966. The van der Waals surface area contributed by atoms with Gasteiger partial charge in [-0.15, -0.1) is 0 Å². The van der Waals surface area contributed by atoms with Gasteiger partial charge in [-0.2, -0.15) is 4.37 Å². The molecule has 140 valence electrons. The molecule has 28 heavy (non-hydrogen) atoms. The van der Waals surface area contributed by atoms with E-state index in [-0.39, 0.29) is 12.4 Å². The van der Waals surface area contributed by atoms with E-state index in [4.69, 9.17) is 0 Å². The fourth-order valence-electron chi connectivity index (χ4n) is 2.69. The molecule has 2 heterocycles. The van der Waals surface area contributed by atoms with Crippen molar-refractivity contribution in [3.05, 3.63) is 76.8 Å². The van der Waals surface area contributed by atoms with Crippen molar-refractivity contribution in [3.63, 3.8) is 0 Å². The van der Waals surface area contributed by atoms with Crippen molar-refractivity contribution in [2.75, 3.05) is 5.32 Å². The van der Waals surface area contributed by atoms with Crippen molar-refractivity contribution >= 4 is 33.3 Å². The lowest BCUT2D eigenvalue weighted by Crippen LogP contribution is -2.27. The van der Waals surface area contributed by atoms with Crippen molar-refractivity contribution in [2.24, 2.45) is 0 Å². The van der Waals surface area contributed by atoms with E-state index in [0.717, 1.165) is 16.1 Å². The third-order valence-corrected chi connectivity index (χ3v) is 4.81. The Balaban J connectivity index is 1.61. The van der Waals surface area contributed by atoms with E-state index < -0.39 is 17.3 Å². The summed E-state index contributed by atoms with van der Waals surface area (Å²) in [6.07, 6.45) is 1.26. The molecule has 1 N–H and O–H groups in total. The number of amides is 1. The van der Waals surface area contributed by atoms with Crippen LogP contribution in [0.2, 0.25) is 0 Å². The summed E-state index contributed by atoms with van der Waals surface area (Å²) in [6.45, 7) is -0.276. The number of aromatic nitrogens is 3. The molecule has 1 amide bonds. The van der Waals surface area contributed by atoms with Gasteiger partial charge in [0.15, 0.2) is 0 Å². The van der Waals surface area contributed by atoms with Gasteiger partial charge in [-0.05, 0) is 54.0 Å². The first-order chi connectivity index (χ1) is 13.5. The second kappa shape index (κ2) is 7.28. The number of nitrogens with zero attached hydrogens (tertiary/aromatic N) is 3. The van der Waals surface area contributed by atoms with Crippen LogP contribution in [-0.4, -0.2) is 19.8 Å². The fraction of sp³-hybridized carbons (Fsp3) is 0.0526. The topological polar surface area (TPSA) is 76.9 Å². The van der Waals surface area contributed by atoms with Crippen LogP contribution in [0.5, 0.6) is 0 Å². The molecule has 0 aliphatic heterocycles. The van der Waals surface area contributed by atoms with E-state index >= 15 is 0 Å². The first-order valence-corrected chi connectivity index (χ1v) is 8.95. The summed E-state index contributed by atoms with van der Waals surface area (Å²) < 4.78 is 32.0. The molecule has 0 spiro atoms. The highest BCUT2D eigenvalue weighted by atomic mass is 32.1. The number of halogens is 2. The van der Waals surface area contributed by atoms with Crippen LogP contribution in [0.25, 0.3) is 21.5 Å². The number of hydrogen-bond acceptors (Lipinski definition) is 5. The molecule has 4 aromatic rings. The quantitative estimate of drug-likeness (QED) is 0.571. The Hall–Kier alpha value is -3.46. The molecular weight excluding hydrogens is 386 g/mol. The average Bonchev–Trinajstić information content (AvgIpc) is 3.09. The number of rotatable bonds is 4. The number of carbonyl (C=O) groups is 1. The molecule has 0 atom stereocenters. The summed E-state index contributed by atoms with van der Waals surface area (Å²) in [5, 5.41) is 2.53. The maximum absolute atomic E-state index is 13.2. The zero-order valence-electron chi connectivity index (χ0n) is 14.2. The molecule has 0 aliphatic rings. The van der Waals surface area contributed by atoms with Crippen LogP contribution in [0.4, 0.5) is 14.5 Å². The van der Waals surface area contributed by atoms with Gasteiger partial charge in [0.25, 0.3) is 5.56 Å². The van der Waals surface area contributed by atoms with E-state index in [1.54, 1.807) is 18.2 Å². The number of anilines is 1. The van der Waals surface area contributed by atoms with Crippen molar-refractivity contribution in [3.8, 4) is 11.3 Å². The first-order valence-electron chi connectivity index (χ1n) is 8.17. The largest absolute Gasteiger partial charge is 0.324 e. The lowest BCUT2D eigenvalue weighted by molar-refractivity contribution is -0.116. The van der Waals surface area contributed by atoms with Gasteiger partial charge >= 0.3 is 0 Å². The molecule has 0 unspecified atom stereocenters. The molecule has 0 aliphatic carbocycles. The highest BCUT2D eigenvalue weighted by molar-refractivity contribution is 7.13. The molecule has 0 saturated heterocycles. The maximum Gasteiger partial charge on any atom is 0.273 e.